The zero-order chi connectivity index (χ0) is 13.1. The molecule has 0 spiro atoms. The molecule has 4 heteroatoms. The Morgan fingerprint density at radius 2 is 2.00 bits per heavy atom. The fraction of sp³-hybridized carbons (Fsp3) is 0.538. The van der Waals surface area contributed by atoms with Crippen molar-refractivity contribution in [1.29, 1.82) is 0 Å². The van der Waals surface area contributed by atoms with Crippen molar-refractivity contribution in [3.05, 3.63) is 32.7 Å². The fourth-order valence-electron chi connectivity index (χ4n) is 1.45. The van der Waals surface area contributed by atoms with E-state index in [1.54, 1.807) is 0 Å². The Morgan fingerprint density at radius 3 is 2.53 bits per heavy atom. The molecular weight excluding hydrogens is 346 g/mol. The number of hydrogen-bond donors (Lipinski definition) is 2. The quantitative estimate of drug-likeness (QED) is 0.830. The Hall–Kier alpha value is 0.1000. The van der Waals surface area contributed by atoms with Crippen molar-refractivity contribution in [1.82, 2.24) is 5.32 Å². The van der Waals surface area contributed by atoms with E-state index in [-0.39, 0.29) is 18.1 Å². The van der Waals surface area contributed by atoms with E-state index < -0.39 is 0 Å². The van der Waals surface area contributed by atoms with Crippen LogP contribution in [0.4, 0.5) is 0 Å². The van der Waals surface area contributed by atoms with Crippen molar-refractivity contribution < 1.29 is 5.11 Å². The van der Waals surface area contributed by atoms with Crippen LogP contribution in [0.3, 0.4) is 0 Å². The second kappa shape index (κ2) is 6.32. The highest BCUT2D eigenvalue weighted by Gasteiger charge is 2.18. The van der Waals surface area contributed by atoms with Gasteiger partial charge in [0.15, 0.2) is 0 Å². The van der Waals surface area contributed by atoms with Crippen LogP contribution in [0, 0.1) is 5.41 Å². The van der Waals surface area contributed by atoms with Gasteiger partial charge < -0.3 is 10.4 Å². The lowest BCUT2D eigenvalue weighted by Gasteiger charge is -2.25. The SMILES string of the molecule is CC(NCC(C)(C)CO)c1ccc(Br)cc1Br. The first-order valence-corrected chi connectivity index (χ1v) is 7.23. The van der Waals surface area contributed by atoms with Gasteiger partial charge in [-0.1, -0.05) is 51.8 Å². The van der Waals surface area contributed by atoms with Gasteiger partial charge in [-0.05, 0) is 24.6 Å². The summed E-state index contributed by atoms with van der Waals surface area (Å²) in [7, 11) is 0. The number of hydrogen-bond acceptors (Lipinski definition) is 2. The molecule has 0 fully saturated rings. The number of aliphatic hydroxyl groups excluding tert-OH is 1. The second-order valence-electron chi connectivity index (χ2n) is 5.09. The van der Waals surface area contributed by atoms with E-state index in [0.29, 0.717) is 0 Å². The van der Waals surface area contributed by atoms with Crippen LogP contribution in [-0.4, -0.2) is 18.3 Å². The van der Waals surface area contributed by atoms with E-state index in [9.17, 15) is 5.11 Å². The molecule has 0 aliphatic heterocycles. The smallest absolute Gasteiger partial charge is 0.0494 e. The average Bonchev–Trinajstić information content (AvgIpc) is 2.26. The second-order valence-corrected chi connectivity index (χ2v) is 6.86. The minimum absolute atomic E-state index is 0.0872. The van der Waals surface area contributed by atoms with Gasteiger partial charge in [-0.15, -0.1) is 0 Å². The lowest BCUT2D eigenvalue weighted by Crippen LogP contribution is -2.33. The van der Waals surface area contributed by atoms with Crippen LogP contribution in [0.1, 0.15) is 32.4 Å². The minimum atomic E-state index is -0.0872. The summed E-state index contributed by atoms with van der Waals surface area (Å²) in [5, 5.41) is 12.7. The van der Waals surface area contributed by atoms with Crippen molar-refractivity contribution in [3.63, 3.8) is 0 Å². The largest absolute Gasteiger partial charge is 0.396 e. The Balaban J connectivity index is 2.67. The van der Waals surface area contributed by atoms with Gasteiger partial charge in [0.1, 0.15) is 0 Å². The van der Waals surface area contributed by atoms with E-state index in [2.05, 4.69) is 50.2 Å². The van der Waals surface area contributed by atoms with Gasteiger partial charge in [-0.25, -0.2) is 0 Å². The zero-order valence-electron chi connectivity index (χ0n) is 10.4. The normalized spacial score (nSPS) is 13.8. The summed E-state index contributed by atoms with van der Waals surface area (Å²) in [6.07, 6.45) is 0. The molecule has 1 rings (SSSR count). The van der Waals surface area contributed by atoms with Gasteiger partial charge in [-0.2, -0.15) is 0 Å². The Kier molecular flexibility index (Phi) is 5.64. The molecular formula is C13H19Br2NO. The molecule has 0 amide bonds. The van der Waals surface area contributed by atoms with Crippen LogP contribution in [0.15, 0.2) is 27.1 Å². The van der Waals surface area contributed by atoms with E-state index >= 15 is 0 Å². The number of halogens is 2. The van der Waals surface area contributed by atoms with Crippen LogP contribution >= 0.6 is 31.9 Å². The first kappa shape index (κ1) is 15.2. The maximum atomic E-state index is 9.21. The van der Waals surface area contributed by atoms with Gasteiger partial charge in [0.25, 0.3) is 0 Å². The van der Waals surface area contributed by atoms with Crippen molar-refractivity contribution in [3.8, 4) is 0 Å². The maximum Gasteiger partial charge on any atom is 0.0494 e. The molecule has 0 aliphatic rings. The van der Waals surface area contributed by atoms with Crippen LogP contribution in [-0.2, 0) is 0 Å². The highest BCUT2D eigenvalue weighted by Crippen LogP contribution is 2.27. The van der Waals surface area contributed by atoms with E-state index in [4.69, 9.17) is 0 Å². The summed E-state index contributed by atoms with van der Waals surface area (Å²) < 4.78 is 2.16. The molecule has 0 radical (unpaired) electrons. The van der Waals surface area contributed by atoms with Gasteiger partial charge in [0, 0.05) is 33.6 Å². The Morgan fingerprint density at radius 1 is 1.35 bits per heavy atom. The third-order valence-corrected chi connectivity index (χ3v) is 3.92. The molecule has 1 unspecified atom stereocenters. The predicted molar refractivity (Wildman–Crippen MR) is 79.1 cm³/mol. The number of benzene rings is 1. The first-order chi connectivity index (χ1) is 7.85. The third-order valence-electron chi connectivity index (χ3n) is 2.74. The van der Waals surface area contributed by atoms with E-state index in [1.165, 1.54) is 5.56 Å². The molecule has 0 heterocycles. The van der Waals surface area contributed by atoms with Crippen LogP contribution < -0.4 is 5.32 Å². The molecule has 2 N–H and O–H groups in total. The molecule has 0 bridgehead atoms. The molecule has 17 heavy (non-hydrogen) atoms. The van der Waals surface area contributed by atoms with Gasteiger partial charge in [0.05, 0.1) is 0 Å². The molecule has 0 saturated carbocycles. The minimum Gasteiger partial charge on any atom is -0.396 e. The van der Waals surface area contributed by atoms with Crippen LogP contribution in [0.2, 0.25) is 0 Å². The monoisotopic (exact) mass is 363 g/mol. The van der Waals surface area contributed by atoms with Crippen molar-refractivity contribution in [2.45, 2.75) is 26.8 Å². The van der Waals surface area contributed by atoms with Crippen molar-refractivity contribution in [2.75, 3.05) is 13.2 Å². The molecule has 0 aromatic heterocycles. The molecule has 1 atom stereocenters. The molecule has 1 aromatic rings. The van der Waals surface area contributed by atoms with Crippen LogP contribution in [0.25, 0.3) is 0 Å². The zero-order valence-corrected chi connectivity index (χ0v) is 13.6. The molecule has 96 valence electrons. The highest BCUT2D eigenvalue weighted by molar-refractivity contribution is 9.11. The summed E-state index contributed by atoms with van der Waals surface area (Å²) in [5.41, 5.74) is 1.14. The fourth-order valence-corrected chi connectivity index (χ4v) is 2.84. The topological polar surface area (TPSA) is 32.3 Å². The number of rotatable bonds is 5. The Labute approximate surface area is 120 Å². The summed E-state index contributed by atoms with van der Waals surface area (Å²) in [4.78, 5) is 0. The number of aliphatic hydroxyl groups is 1. The van der Waals surface area contributed by atoms with E-state index in [0.717, 1.165) is 15.5 Å². The third kappa shape index (κ3) is 4.70. The molecule has 1 aromatic carbocycles. The van der Waals surface area contributed by atoms with Gasteiger partial charge in [0.2, 0.25) is 0 Å². The number of nitrogens with one attached hydrogen (secondary N) is 1. The van der Waals surface area contributed by atoms with Gasteiger partial charge in [-0.3, -0.25) is 0 Å². The van der Waals surface area contributed by atoms with Crippen molar-refractivity contribution in [2.24, 2.45) is 5.41 Å². The summed E-state index contributed by atoms with van der Waals surface area (Å²) in [6.45, 7) is 7.19. The maximum absolute atomic E-state index is 9.21. The standard InChI is InChI=1S/C13H19Br2NO/c1-9(16-7-13(2,3)8-17)11-5-4-10(14)6-12(11)15/h4-6,9,16-17H,7-8H2,1-3H3. The first-order valence-electron chi connectivity index (χ1n) is 5.65. The predicted octanol–water partition coefficient (Wildman–Crippen LogP) is 3.88. The highest BCUT2D eigenvalue weighted by atomic mass is 79.9. The van der Waals surface area contributed by atoms with Crippen molar-refractivity contribution >= 4 is 31.9 Å². The summed E-state index contributed by atoms with van der Waals surface area (Å²) in [6, 6.07) is 6.43. The lowest BCUT2D eigenvalue weighted by molar-refractivity contribution is 0.154. The molecule has 0 saturated heterocycles. The summed E-state index contributed by atoms with van der Waals surface area (Å²) >= 11 is 7.01. The molecule has 0 aliphatic carbocycles. The van der Waals surface area contributed by atoms with E-state index in [1.807, 2.05) is 26.0 Å². The summed E-state index contributed by atoms with van der Waals surface area (Å²) in [5.74, 6) is 0. The van der Waals surface area contributed by atoms with Gasteiger partial charge >= 0.3 is 0 Å². The lowest BCUT2D eigenvalue weighted by atomic mass is 9.94. The molecule has 2 nitrogen and oxygen atoms in total. The van der Waals surface area contributed by atoms with Crippen LogP contribution in [0.5, 0.6) is 0 Å². The Bertz CT molecular complexity index is 380. The average molecular weight is 365 g/mol.